The van der Waals surface area contributed by atoms with Crippen LogP contribution in [0.25, 0.3) is 0 Å². The van der Waals surface area contributed by atoms with Gasteiger partial charge in [-0.05, 0) is 62.9 Å². The fourth-order valence-electron chi connectivity index (χ4n) is 3.10. The Morgan fingerprint density at radius 2 is 1.56 bits per heavy atom. The molecule has 0 aliphatic carbocycles. The molecule has 39 heavy (non-hydrogen) atoms. The van der Waals surface area contributed by atoms with Crippen LogP contribution < -0.4 is 16.0 Å². The molecule has 0 saturated carbocycles. The van der Waals surface area contributed by atoms with E-state index in [2.05, 4.69) is 16.0 Å². The lowest BCUT2D eigenvalue weighted by molar-refractivity contribution is -0.145. The molecule has 1 unspecified atom stereocenters. The maximum Gasteiger partial charge on any atom is 0.407 e. The Labute approximate surface area is 253 Å². The lowest BCUT2D eigenvalue weighted by Crippen LogP contribution is -2.40. The molecule has 0 aromatic heterocycles. The van der Waals surface area contributed by atoms with Crippen LogP contribution in [0, 0.1) is 7.14 Å². The molecule has 212 valence electrons. The lowest BCUT2D eigenvalue weighted by atomic mass is 10.1. The highest BCUT2D eigenvalue weighted by Crippen LogP contribution is 2.50. The van der Waals surface area contributed by atoms with E-state index in [4.69, 9.17) is 18.5 Å². The fraction of sp³-hybridized carbons (Fsp3) is 0.333. The molecule has 0 bridgehead atoms. The summed E-state index contributed by atoms with van der Waals surface area (Å²) in [4.78, 5) is 48.1. The van der Waals surface area contributed by atoms with Crippen LogP contribution in [-0.4, -0.2) is 57.3 Å². The van der Waals surface area contributed by atoms with Gasteiger partial charge < -0.3 is 34.5 Å². The third-order valence-electron chi connectivity index (χ3n) is 5.01. The Morgan fingerprint density at radius 3 is 2.18 bits per heavy atom. The van der Waals surface area contributed by atoms with E-state index in [1.165, 1.54) is 21.1 Å². The maximum absolute atomic E-state index is 12.7. The zero-order chi connectivity index (χ0) is 29.0. The van der Waals surface area contributed by atoms with Gasteiger partial charge in [0.2, 0.25) is 11.8 Å². The summed E-state index contributed by atoms with van der Waals surface area (Å²) >= 11 is 4.06. The van der Waals surface area contributed by atoms with Crippen LogP contribution in [0.1, 0.15) is 24.2 Å². The highest BCUT2D eigenvalue weighted by atomic mass is 127. The standard InChI is InChI=1S/C24H28I2N3O9P/c1-15(30)38-21(14-39(34,35-2)36-3)17-9-20(19(26)10-18(17)25)29-23(32)12-27-22(31)11-28-24(33)37-13-16-7-5-4-6-8-16/h4-10,21H,11-14H2,1-3H3,(H,27,31)(H,28,33)(H,29,32). The zero-order valence-corrected chi connectivity index (χ0v) is 26.5. The van der Waals surface area contributed by atoms with E-state index >= 15 is 0 Å². The minimum atomic E-state index is -3.55. The Kier molecular flexibility index (Phi) is 13.6. The van der Waals surface area contributed by atoms with Crippen LogP contribution in [0.4, 0.5) is 10.5 Å². The van der Waals surface area contributed by atoms with Gasteiger partial charge in [-0.1, -0.05) is 30.3 Å². The van der Waals surface area contributed by atoms with Crippen LogP contribution in [0.3, 0.4) is 0 Å². The van der Waals surface area contributed by atoms with Gasteiger partial charge in [0.1, 0.15) is 19.3 Å². The van der Waals surface area contributed by atoms with Gasteiger partial charge in [-0.15, -0.1) is 0 Å². The highest BCUT2D eigenvalue weighted by molar-refractivity contribution is 14.1. The topological polar surface area (TPSA) is 158 Å². The number of halogens is 2. The Hall–Kier alpha value is -2.27. The summed E-state index contributed by atoms with van der Waals surface area (Å²) in [6, 6.07) is 12.4. The SMILES string of the molecule is COP(=O)(CC(OC(C)=O)c1cc(NC(=O)CNC(=O)CNC(=O)OCc2ccccc2)c(I)cc1I)OC. The van der Waals surface area contributed by atoms with Crippen molar-refractivity contribution in [1.29, 1.82) is 0 Å². The first kappa shape index (κ1) is 32.9. The van der Waals surface area contributed by atoms with Crippen molar-refractivity contribution in [2.45, 2.75) is 19.6 Å². The molecule has 2 aromatic rings. The van der Waals surface area contributed by atoms with Crippen molar-refractivity contribution >= 4 is 82.3 Å². The van der Waals surface area contributed by atoms with Gasteiger partial charge in [0.15, 0.2) is 0 Å². The molecule has 0 radical (unpaired) electrons. The van der Waals surface area contributed by atoms with Crippen LogP contribution in [0.2, 0.25) is 0 Å². The normalized spacial score (nSPS) is 11.7. The highest BCUT2D eigenvalue weighted by Gasteiger charge is 2.31. The molecule has 12 nitrogen and oxygen atoms in total. The summed E-state index contributed by atoms with van der Waals surface area (Å²) in [7, 11) is -1.08. The Balaban J connectivity index is 1.96. The molecular weight excluding hydrogens is 759 g/mol. The number of rotatable bonds is 13. The summed E-state index contributed by atoms with van der Waals surface area (Å²) in [5, 5.41) is 7.41. The summed E-state index contributed by atoms with van der Waals surface area (Å²) in [6.07, 6.45) is -1.98. The van der Waals surface area contributed by atoms with Gasteiger partial charge in [-0.2, -0.15) is 0 Å². The molecule has 3 N–H and O–H groups in total. The molecule has 0 aliphatic rings. The minimum absolute atomic E-state index is 0.0557. The third-order valence-corrected chi connectivity index (χ3v) is 8.73. The van der Waals surface area contributed by atoms with Crippen LogP contribution >= 0.6 is 52.8 Å². The number of carbonyl (C=O) groups excluding carboxylic acids is 4. The molecule has 0 aliphatic heterocycles. The smallest absolute Gasteiger partial charge is 0.407 e. The van der Waals surface area contributed by atoms with Crippen molar-refractivity contribution < 1.29 is 42.3 Å². The van der Waals surface area contributed by atoms with Gasteiger partial charge in [0, 0.05) is 33.8 Å². The first-order valence-corrected chi connectivity index (χ1v) is 15.2. The number of nitrogens with one attached hydrogen (secondary N) is 3. The second kappa shape index (κ2) is 16.1. The number of carbonyl (C=O) groups is 4. The number of alkyl carbamates (subject to hydrolysis) is 1. The number of ether oxygens (including phenoxy) is 2. The van der Waals surface area contributed by atoms with Crippen molar-refractivity contribution in [3.05, 3.63) is 60.7 Å². The van der Waals surface area contributed by atoms with E-state index < -0.39 is 37.6 Å². The predicted octanol–water partition coefficient (Wildman–Crippen LogP) is 3.97. The molecule has 2 rings (SSSR count). The number of anilines is 1. The molecule has 0 spiro atoms. The molecule has 0 fully saturated rings. The number of esters is 1. The quantitative estimate of drug-likeness (QED) is 0.155. The van der Waals surface area contributed by atoms with E-state index in [-0.39, 0.29) is 25.9 Å². The van der Waals surface area contributed by atoms with Crippen molar-refractivity contribution in [1.82, 2.24) is 10.6 Å². The fourth-order valence-corrected chi connectivity index (χ4v) is 6.23. The first-order chi connectivity index (χ1) is 18.5. The van der Waals surface area contributed by atoms with Crippen LogP contribution in [0.5, 0.6) is 0 Å². The molecule has 0 heterocycles. The average Bonchev–Trinajstić information content (AvgIpc) is 2.91. The molecule has 15 heteroatoms. The number of hydrogen-bond donors (Lipinski definition) is 3. The predicted molar refractivity (Wildman–Crippen MR) is 159 cm³/mol. The van der Waals surface area contributed by atoms with E-state index in [1.807, 2.05) is 63.4 Å². The zero-order valence-electron chi connectivity index (χ0n) is 21.3. The number of amides is 3. The maximum atomic E-state index is 12.7. The summed E-state index contributed by atoms with van der Waals surface area (Å²) < 4.78 is 34.5. The summed E-state index contributed by atoms with van der Waals surface area (Å²) in [6.45, 7) is 0.530. The van der Waals surface area contributed by atoms with E-state index in [0.717, 1.165) is 5.56 Å². The molecule has 1 atom stereocenters. The average molecular weight is 787 g/mol. The molecule has 3 amide bonds. The van der Waals surface area contributed by atoms with Gasteiger partial charge in [0.25, 0.3) is 0 Å². The van der Waals surface area contributed by atoms with E-state index in [9.17, 15) is 23.7 Å². The van der Waals surface area contributed by atoms with Gasteiger partial charge in [-0.3, -0.25) is 18.9 Å². The Morgan fingerprint density at radius 1 is 0.923 bits per heavy atom. The monoisotopic (exact) mass is 787 g/mol. The van der Waals surface area contributed by atoms with Crippen LogP contribution in [0.15, 0.2) is 42.5 Å². The van der Waals surface area contributed by atoms with E-state index in [0.29, 0.717) is 18.4 Å². The van der Waals surface area contributed by atoms with Crippen LogP contribution in [-0.2, 0) is 44.1 Å². The summed E-state index contributed by atoms with van der Waals surface area (Å²) in [5.74, 6) is -1.73. The van der Waals surface area contributed by atoms with Crippen molar-refractivity contribution in [3.63, 3.8) is 0 Å². The minimum Gasteiger partial charge on any atom is -0.457 e. The number of benzene rings is 2. The third kappa shape index (κ3) is 11.4. The van der Waals surface area contributed by atoms with Gasteiger partial charge in [-0.25, -0.2) is 4.79 Å². The summed E-state index contributed by atoms with van der Waals surface area (Å²) in [5.41, 5.74) is 1.67. The molecule has 2 aromatic carbocycles. The molecule has 0 saturated heterocycles. The van der Waals surface area contributed by atoms with Crippen molar-refractivity contribution in [3.8, 4) is 0 Å². The van der Waals surface area contributed by atoms with Crippen molar-refractivity contribution in [2.75, 3.05) is 38.8 Å². The second-order valence-electron chi connectivity index (χ2n) is 7.85. The number of hydrogen-bond acceptors (Lipinski definition) is 9. The van der Waals surface area contributed by atoms with Crippen molar-refractivity contribution in [2.24, 2.45) is 0 Å². The molecular formula is C24H28I2N3O9P. The lowest BCUT2D eigenvalue weighted by Gasteiger charge is -2.23. The first-order valence-electron chi connectivity index (χ1n) is 11.3. The van der Waals surface area contributed by atoms with Gasteiger partial charge in [0.05, 0.1) is 18.4 Å². The van der Waals surface area contributed by atoms with Gasteiger partial charge >= 0.3 is 19.7 Å². The van der Waals surface area contributed by atoms with E-state index in [1.54, 1.807) is 24.3 Å². The largest absolute Gasteiger partial charge is 0.457 e. The second-order valence-corrected chi connectivity index (χ2v) is 12.5. The Bertz CT molecular complexity index is 1220.